The molecule has 0 aromatic heterocycles. The van der Waals surface area contributed by atoms with Gasteiger partial charge >= 0.3 is 12.1 Å². The van der Waals surface area contributed by atoms with Crippen LogP contribution >= 0.6 is 23.4 Å². The quantitative estimate of drug-likeness (QED) is 0.323. The van der Waals surface area contributed by atoms with Gasteiger partial charge in [-0.15, -0.1) is 11.8 Å². The summed E-state index contributed by atoms with van der Waals surface area (Å²) in [6.45, 7) is -0.493. The third kappa shape index (κ3) is 7.58. The third-order valence-electron chi connectivity index (χ3n) is 4.58. The van der Waals surface area contributed by atoms with Crippen LogP contribution in [0.2, 0.25) is 5.02 Å². The second-order valence-corrected chi connectivity index (χ2v) is 8.52. The van der Waals surface area contributed by atoms with Crippen molar-refractivity contribution >= 4 is 34.9 Å². The molecule has 0 amide bonds. The first-order valence-corrected chi connectivity index (χ1v) is 11.3. The Morgan fingerprint density at radius 1 is 1.03 bits per heavy atom. The maximum Gasteiger partial charge on any atom is 0.393 e. The number of carboxylic acid groups (broad SMARTS) is 1. The van der Waals surface area contributed by atoms with E-state index in [0.717, 1.165) is 16.0 Å². The molecule has 0 saturated carbocycles. The molecule has 0 bridgehead atoms. The number of carboxylic acids is 1. The molecule has 0 aliphatic rings. The van der Waals surface area contributed by atoms with Crippen molar-refractivity contribution in [1.82, 2.24) is 0 Å². The minimum Gasteiger partial charge on any atom is -0.480 e. The number of hydrogen-bond donors (Lipinski definition) is 1. The summed E-state index contributed by atoms with van der Waals surface area (Å²) in [7, 11) is 0. The largest absolute Gasteiger partial charge is 0.480 e. The average Bonchev–Trinajstić information content (AvgIpc) is 2.76. The molecular formula is C25H20ClF3O3S. The molecule has 0 fully saturated rings. The summed E-state index contributed by atoms with van der Waals surface area (Å²) in [5.41, 5.74) is 2.30. The molecule has 1 N–H and O–H groups in total. The normalized spacial score (nSPS) is 11.9. The first kappa shape index (κ1) is 24.7. The number of rotatable bonds is 9. The van der Waals surface area contributed by atoms with Gasteiger partial charge in [-0.05, 0) is 40.5 Å². The maximum absolute atomic E-state index is 13.2. The Balaban J connectivity index is 1.85. The zero-order chi connectivity index (χ0) is 23.8. The fourth-order valence-electron chi connectivity index (χ4n) is 3.20. The number of alkyl halides is 3. The van der Waals surface area contributed by atoms with Crippen molar-refractivity contribution < 1.29 is 27.8 Å². The molecule has 8 heteroatoms. The molecule has 0 heterocycles. The molecular weight excluding hydrogens is 473 g/mol. The summed E-state index contributed by atoms with van der Waals surface area (Å²) in [6, 6.07) is 20.8. The number of thioether (sulfide) groups is 1. The second-order valence-electron chi connectivity index (χ2n) is 7.02. The van der Waals surface area contributed by atoms with Gasteiger partial charge in [0.05, 0.1) is 11.4 Å². The van der Waals surface area contributed by atoms with E-state index in [-0.39, 0.29) is 16.3 Å². The third-order valence-corrected chi connectivity index (χ3v) is 5.79. The Morgan fingerprint density at radius 3 is 2.39 bits per heavy atom. The molecule has 0 aliphatic carbocycles. The van der Waals surface area contributed by atoms with Crippen LogP contribution in [0.5, 0.6) is 5.75 Å². The fraction of sp³-hybridized carbons (Fsp3) is 0.160. The molecule has 0 saturated heterocycles. The Hall–Kier alpha value is -2.90. The maximum atomic E-state index is 13.2. The number of aliphatic carboxylic acids is 1. The van der Waals surface area contributed by atoms with Crippen molar-refractivity contribution in [2.75, 3.05) is 12.4 Å². The van der Waals surface area contributed by atoms with Crippen molar-refractivity contribution in [2.45, 2.75) is 17.5 Å². The Morgan fingerprint density at radius 2 is 1.73 bits per heavy atom. The molecule has 0 radical (unpaired) electrons. The van der Waals surface area contributed by atoms with Crippen molar-refractivity contribution in [1.29, 1.82) is 0 Å². The predicted molar refractivity (Wildman–Crippen MR) is 125 cm³/mol. The standard InChI is InChI=1S/C25H20ClF3O3S/c26-22-14-19(10-11-23(22)32-16-24(30)31)33-13-12-21(17-6-2-1-3-7-17)20-9-5-4-8-18(20)15-25(27,28)29/h1-12,14H,13,15-16H2,(H,30,31)/b21-12+. The van der Waals surface area contributed by atoms with Crippen molar-refractivity contribution in [2.24, 2.45) is 0 Å². The molecule has 0 aliphatic heterocycles. The van der Waals surface area contributed by atoms with Crippen LogP contribution in [0.3, 0.4) is 0 Å². The predicted octanol–water partition coefficient (Wildman–Crippen LogP) is 7.13. The van der Waals surface area contributed by atoms with Crippen LogP contribution in [-0.2, 0) is 11.2 Å². The average molecular weight is 493 g/mol. The molecule has 3 rings (SSSR count). The lowest BCUT2D eigenvalue weighted by atomic mass is 9.92. The van der Waals surface area contributed by atoms with Crippen LogP contribution < -0.4 is 4.74 Å². The second kappa shape index (κ2) is 11.3. The van der Waals surface area contributed by atoms with Crippen LogP contribution in [0.15, 0.2) is 83.8 Å². The van der Waals surface area contributed by atoms with Gasteiger partial charge in [0.15, 0.2) is 6.61 Å². The Bertz CT molecular complexity index is 1130. The number of carbonyl (C=O) groups is 1. The van der Waals surface area contributed by atoms with Gasteiger partial charge in [0.2, 0.25) is 0 Å². The number of benzene rings is 3. The van der Waals surface area contributed by atoms with Gasteiger partial charge in [-0.25, -0.2) is 4.79 Å². The van der Waals surface area contributed by atoms with E-state index in [0.29, 0.717) is 11.3 Å². The molecule has 33 heavy (non-hydrogen) atoms. The topological polar surface area (TPSA) is 46.5 Å². The summed E-state index contributed by atoms with van der Waals surface area (Å²) in [4.78, 5) is 11.5. The lowest BCUT2D eigenvalue weighted by Gasteiger charge is -2.15. The van der Waals surface area contributed by atoms with Crippen LogP contribution in [0, 0.1) is 0 Å². The lowest BCUT2D eigenvalue weighted by molar-refractivity contribution is -0.139. The molecule has 0 spiro atoms. The molecule has 3 aromatic rings. The summed E-state index contributed by atoms with van der Waals surface area (Å²) in [6.07, 6.45) is -3.42. The number of ether oxygens (including phenoxy) is 1. The molecule has 3 nitrogen and oxygen atoms in total. The Kier molecular flexibility index (Phi) is 8.47. The highest BCUT2D eigenvalue weighted by Gasteiger charge is 2.29. The zero-order valence-electron chi connectivity index (χ0n) is 17.3. The Labute approximate surface area is 198 Å². The summed E-state index contributed by atoms with van der Waals surface area (Å²) >= 11 is 7.62. The number of halogens is 4. The molecule has 0 atom stereocenters. The van der Waals surface area contributed by atoms with E-state index in [4.69, 9.17) is 21.4 Å². The van der Waals surface area contributed by atoms with Crippen LogP contribution in [0.25, 0.3) is 5.57 Å². The van der Waals surface area contributed by atoms with Gasteiger partial charge in [0.25, 0.3) is 0 Å². The van der Waals surface area contributed by atoms with Gasteiger partial charge in [0.1, 0.15) is 5.75 Å². The van der Waals surface area contributed by atoms with Crippen LogP contribution in [0.1, 0.15) is 16.7 Å². The zero-order valence-corrected chi connectivity index (χ0v) is 18.9. The number of hydrogen-bond acceptors (Lipinski definition) is 3. The smallest absolute Gasteiger partial charge is 0.393 e. The van der Waals surface area contributed by atoms with E-state index in [1.165, 1.54) is 17.8 Å². The van der Waals surface area contributed by atoms with Crippen molar-refractivity contribution in [3.8, 4) is 5.75 Å². The van der Waals surface area contributed by atoms with Gasteiger partial charge in [-0.3, -0.25) is 0 Å². The van der Waals surface area contributed by atoms with Crippen LogP contribution in [-0.4, -0.2) is 29.6 Å². The van der Waals surface area contributed by atoms with E-state index < -0.39 is 25.2 Å². The first-order valence-electron chi connectivity index (χ1n) is 9.90. The van der Waals surface area contributed by atoms with Crippen molar-refractivity contribution in [3.05, 3.63) is 101 Å². The van der Waals surface area contributed by atoms with Gasteiger partial charge in [-0.2, -0.15) is 13.2 Å². The molecule has 0 unspecified atom stereocenters. The molecule has 3 aromatic carbocycles. The van der Waals surface area contributed by atoms with E-state index in [1.807, 2.05) is 36.4 Å². The highest BCUT2D eigenvalue weighted by Crippen LogP contribution is 2.33. The summed E-state index contributed by atoms with van der Waals surface area (Å²) in [5, 5.41) is 9.00. The van der Waals surface area contributed by atoms with E-state index in [2.05, 4.69) is 0 Å². The van der Waals surface area contributed by atoms with E-state index >= 15 is 0 Å². The molecule has 172 valence electrons. The van der Waals surface area contributed by atoms with Crippen LogP contribution in [0.4, 0.5) is 13.2 Å². The minimum atomic E-state index is -4.31. The SMILES string of the molecule is O=C(O)COc1ccc(SC/C=C(\c2ccccc2)c2ccccc2CC(F)(F)F)cc1Cl. The summed E-state index contributed by atoms with van der Waals surface area (Å²) < 4.78 is 44.6. The van der Waals surface area contributed by atoms with Crippen molar-refractivity contribution in [3.63, 3.8) is 0 Å². The first-order chi connectivity index (χ1) is 15.7. The highest BCUT2D eigenvalue weighted by molar-refractivity contribution is 7.99. The van der Waals surface area contributed by atoms with Gasteiger partial charge in [0, 0.05) is 10.6 Å². The van der Waals surface area contributed by atoms with Gasteiger partial charge in [-0.1, -0.05) is 72.3 Å². The van der Waals surface area contributed by atoms with E-state index in [1.54, 1.807) is 36.4 Å². The highest BCUT2D eigenvalue weighted by atomic mass is 35.5. The lowest BCUT2D eigenvalue weighted by Crippen LogP contribution is -2.13. The summed E-state index contributed by atoms with van der Waals surface area (Å²) in [5.74, 6) is -0.352. The van der Waals surface area contributed by atoms with Gasteiger partial charge < -0.3 is 9.84 Å². The monoisotopic (exact) mass is 492 g/mol. The van der Waals surface area contributed by atoms with E-state index in [9.17, 15) is 18.0 Å². The minimum absolute atomic E-state index is 0.216. The fourth-order valence-corrected chi connectivity index (χ4v) is 4.31.